The van der Waals surface area contributed by atoms with Gasteiger partial charge in [-0.15, -0.1) is 0 Å². The van der Waals surface area contributed by atoms with Gasteiger partial charge in [0.25, 0.3) is 0 Å². The molecule has 0 radical (unpaired) electrons. The largest absolute Gasteiger partial charge is 0.382 e. The van der Waals surface area contributed by atoms with Crippen molar-refractivity contribution in [2.45, 2.75) is 52.4 Å². The molecule has 1 aromatic carbocycles. The van der Waals surface area contributed by atoms with E-state index >= 15 is 0 Å². The van der Waals surface area contributed by atoms with Crippen LogP contribution in [0.15, 0.2) is 35.3 Å². The molecule has 1 heterocycles. The number of aliphatic imine (C=N–C) groups is 1. The number of ether oxygens (including phenoxy) is 1. The molecule has 2 N–H and O–H groups in total. The number of rotatable bonds is 10. The van der Waals surface area contributed by atoms with Crippen LogP contribution in [0.3, 0.4) is 0 Å². The summed E-state index contributed by atoms with van der Waals surface area (Å²) < 4.78 is 5.65. The SMILES string of the molecule is CCNC(=NCC1(CCOCC)CCCC1)NCC1CCN(c2ccccc2)C1. The molecule has 2 fully saturated rings. The van der Waals surface area contributed by atoms with Gasteiger partial charge in [-0.05, 0) is 63.0 Å². The zero-order valence-electron chi connectivity index (χ0n) is 18.5. The lowest BCUT2D eigenvalue weighted by Crippen LogP contribution is -2.41. The van der Waals surface area contributed by atoms with Gasteiger partial charge in [-0.1, -0.05) is 31.0 Å². The number of guanidine groups is 1. The highest BCUT2D eigenvalue weighted by atomic mass is 16.5. The van der Waals surface area contributed by atoms with Gasteiger partial charge >= 0.3 is 0 Å². The Morgan fingerprint density at radius 1 is 1.17 bits per heavy atom. The Hall–Kier alpha value is -1.75. The normalized spacial score (nSPS) is 21.5. The van der Waals surface area contributed by atoms with E-state index in [2.05, 4.69) is 59.7 Å². The fourth-order valence-electron chi connectivity index (χ4n) is 4.75. The smallest absolute Gasteiger partial charge is 0.191 e. The van der Waals surface area contributed by atoms with Crippen LogP contribution >= 0.6 is 0 Å². The molecule has 5 heteroatoms. The first kappa shape index (κ1) is 21.9. The topological polar surface area (TPSA) is 48.9 Å². The number of hydrogen-bond acceptors (Lipinski definition) is 3. The minimum absolute atomic E-state index is 0.342. The van der Waals surface area contributed by atoms with Gasteiger partial charge in [0.2, 0.25) is 0 Å². The Morgan fingerprint density at radius 3 is 2.69 bits per heavy atom. The van der Waals surface area contributed by atoms with Crippen LogP contribution in [0.2, 0.25) is 0 Å². The molecule has 29 heavy (non-hydrogen) atoms. The summed E-state index contributed by atoms with van der Waals surface area (Å²) in [5, 5.41) is 7.08. The Morgan fingerprint density at radius 2 is 1.97 bits per heavy atom. The molecule has 1 atom stereocenters. The zero-order chi connectivity index (χ0) is 20.4. The molecule has 1 aromatic rings. The van der Waals surface area contributed by atoms with Crippen molar-refractivity contribution in [3.8, 4) is 0 Å². The number of nitrogens with zero attached hydrogens (tertiary/aromatic N) is 2. The van der Waals surface area contributed by atoms with Crippen LogP contribution in [0.5, 0.6) is 0 Å². The molecule has 2 aliphatic rings. The van der Waals surface area contributed by atoms with E-state index in [1.165, 1.54) is 37.8 Å². The molecule has 0 aromatic heterocycles. The van der Waals surface area contributed by atoms with Crippen LogP contribution in [-0.4, -0.2) is 51.9 Å². The van der Waals surface area contributed by atoms with Gasteiger partial charge in [0.1, 0.15) is 0 Å². The molecule has 5 nitrogen and oxygen atoms in total. The first-order valence-electron chi connectivity index (χ1n) is 11.6. The van der Waals surface area contributed by atoms with Crippen molar-refractivity contribution in [2.75, 3.05) is 50.8 Å². The quantitative estimate of drug-likeness (QED) is 0.353. The Balaban J connectivity index is 1.50. The van der Waals surface area contributed by atoms with E-state index in [-0.39, 0.29) is 0 Å². The lowest BCUT2D eigenvalue weighted by Gasteiger charge is -2.27. The predicted molar refractivity (Wildman–Crippen MR) is 123 cm³/mol. The van der Waals surface area contributed by atoms with Crippen molar-refractivity contribution >= 4 is 11.6 Å². The molecule has 0 spiro atoms. The Kier molecular flexibility index (Phi) is 8.66. The summed E-state index contributed by atoms with van der Waals surface area (Å²) in [6, 6.07) is 10.8. The Labute approximate surface area is 177 Å². The summed E-state index contributed by atoms with van der Waals surface area (Å²) in [4.78, 5) is 7.51. The van der Waals surface area contributed by atoms with Gasteiger partial charge in [-0.25, -0.2) is 0 Å². The van der Waals surface area contributed by atoms with E-state index in [0.717, 1.165) is 58.3 Å². The second-order valence-electron chi connectivity index (χ2n) is 8.67. The monoisotopic (exact) mass is 400 g/mol. The van der Waals surface area contributed by atoms with Crippen LogP contribution in [-0.2, 0) is 4.74 Å². The van der Waals surface area contributed by atoms with Gasteiger partial charge in [-0.2, -0.15) is 0 Å². The summed E-state index contributed by atoms with van der Waals surface area (Å²) in [6.45, 7) is 11.0. The number of anilines is 1. The summed E-state index contributed by atoms with van der Waals surface area (Å²) in [5.74, 6) is 1.64. The molecule has 1 unspecified atom stereocenters. The van der Waals surface area contributed by atoms with E-state index < -0.39 is 0 Å². The molecule has 1 saturated carbocycles. The van der Waals surface area contributed by atoms with Gasteiger partial charge in [-0.3, -0.25) is 4.99 Å². The number of hydrogen-bond donors (Lipinski definition) is 2. The van der Waals surface area contributed by atoms with Crippen LogP contribution < -0.4 is 15.5 Å². The molecule has 3 rings (SSSR count). The van der Waals surface area contributed by atoms with E-state index in [1.807, 2.05) is 0 Å². The van der Waals surface area contributed by atoms with Crippen molar-refractivity contribution < 1.29 is 4.74 Å². The lowest BCUT2D eigenvalue weighted by molar-refractivity contribution is 0.107. The molecule has 0 bridgehead atoms. The van der Waals surface area contributed by atoms with Crippen molar-refractivity contribution in [3.63, 3.8) is 0 Å². The standard InChI is InChI=1S/C24H40N4O/c1-3-25-23(27-20-24(13-8-9-14-24)15-17-29-4-2)26-18-21-12-16-28(19-21)22-10-6-5-7-11-22/h5-7,10-11,21H,3-4,8-9,12-20H2,1-2H3,(H2,25,26,27). The highest BCUT2D eigenvalue weighted by Gasteiger charge is 2.33. The number of nitrogens with one attached hydrogen (secondary N) is 2. The van der Waals surface area contributed by atoms with Crippen molar-refractivity contribution in [3.05, 3.63) is 30.3 Å². The maximum atomic E-state index is 5.65. The molecule has 0 amide bonds. The highest BCUT2D eigenvalue weighted by Crippen LogP contribution is 2.41. The third-order valence-corrected chi connectivity index (χ3v) is 6.53. The zero-order valence-corrected chi connectivity index (χ0v) is 18.5. The van der Waals surface area contributed by atoms with E-state index in [9.17, 15) is 0 Å². The maximum Gasteiger partial charge on any atom is 0.191 e. The average molecular weight is 401 g/mol. The Bertz CT molecular complexity index is 613. The second-order valence-corrected chi connectivity index (χ2v) is 8.67. The van der Waals surface area contributed by atoms with Gasteiger partial charge in [0.05, 0.1) is 0 Å². The maximum absolute atomic E-state index is 5.65. The van der Waals surface area contributed by atoms with Gasteiger partial charge < -0.3 is 20.3 Å². The lowest BCUT2D eigenvalue weighted by atomic mass is 9.83. The third kappa shape index (κ3) is 6.63. The minimum atomic E-state index is 0.342. The fourth-order valence-corrected chi connectivity index (χ4v) is 4.75. The third-order valence-electron chi connectivity index (χ3n) is 6.53. The molecular weight excluding hydrogens is 360 g/mol. The molecule has 1 aliphatic heterocycles. The predicted octanol–water partition coefficient (Wildman–Crippen LogP) is 4.06. The minimum Gasteiger partial charge on any atom is -0.382 e. The van der Waals surface area contributed by atoms with E-state index in [1.54, 1.807) is 0 Å². The first-order chi connectivity index (χ1) is 14.2. The van der Waals surface area contributed by atoms with Crippen LogP contribution in [0.25, 0.3) is 0 Å². The van der Waals surface area contributed by atoms with Crippen LogP contribution in [0.1, 0.15) is 52.4 Å². The average Bonchev–Trinajstić information content (AvgIpc) is 3.41. The summed E-state index contributed by atoms with van der Waals surface area (Å²) >= 11 is 0. The van der Waals surface area contributed by atoms with Gasteiger partial charge in [0, 0.05) is 51.6 Å². The fraction of sp³-hybridized carbons (Fsp3) is 0.708. The number of benzene rings is 1. The van der Waals surface area contributed by atoms with Crippen molar-refractivity contribution in [1.82, 2.24) is 10.6 Å². The van der Waals surface area contributed by atoms with Crippen LogP contribution in [0, 0.1) is 11.3 Å². The molecule has 1 aliphatic carbocycles. The summed E-state index contributed by atoms with van der Waals surface area (Å²) in [6.07, 6.45) is 7.62. The van der Waals surface area contributed by atoms with Crippen molar-refractivity contribution in [2.24, 2.45) is 16.3 Å². The molecular formula is C24H40N4O. The first-order valence-corrected chi connectivity index (χ1v) is 11.6. The van der Waals surface area contributed by atoms with E-state index in [0.29, 0.717) is 11.3 Å². The van der Waals surface area contributed by atoms with Gasteiger partial charge in [0.15, 0.2) is 5.96 Å². The highest BCUT2D eigenvalue weighted by molar-refractivity contribution is 5.79. The summed E-state index contributed by atoms with van der Waals surface area (Å²) in [7, 11) is 0. The van der Waals surface area contributed by atoms with Crippen LogP contribution in [0.4, 0.5) is 5.69 Å². The second kappa shape index (κ2) is 11.4. The molecule has 162 valence electrons. The summed E-state index contributed by atoms with van der Waals surface area (Å²) in [5.41, 5.74) is 1.68. The number of para-hydroxylation sites is 1. The van der Waals surface area contributed by atoms with E-state index in [4.69, 9.17) is 9.73 Å². The molecule has 1 saturated heterocycles. The van der Waals surface area contributed by atoms with Crippen molar-refractivity contribution in [1.29, 1.82) is 0 Å².